The average molecular weight is 283 g/mol. The second-order valence-electron chi connectivity index (χ2n) is 7.56. The predicted molar refractivity (Wildman–Crippen MR) is 91.6 cm³/mol. The van der Waals surface area contributed by atoms with Crippen molar-refractivity contribution in [1.82, 2.24) is 4.57 Å². The van der Waals surface area contributed by atoms with E-state index in [1.807, 2.05) is 42.7 Å². The highest BCUT2D eigenvalue weighted by molar-refractivity contribution is 5.66. The Bertz CT molecular complexity index is 686. The summed E-state index contributed by atoms with van der Waals surface area (Å²) in [5, 5.41) is 0. The molecule has 2 heteroatoms. The molecule has 0 spiro atoms. The second-order valence-corrected chi connectivity index (χ2v) is 7.56. The van der Waals surface area contributed by atoms with Crippen molar-refractivity contribution >= 4 is 12.2 Å². The summed E-state index contributed by atoms with van der Waals surface area (Å²) >= 11 is 0. The zero-order valence-electron chi connectivity index (χ0n) is 13.9. The number of aromatic nitrogens is 1. The Labute approximate surface area is 127 Å². The summed E-state index contributed by atoms with van der Waals surface area (Å²) < 4.78 is 2.21. The van der Waals surface area contributed by atoms with Gasteiger partial charge in [-0.1, -0.05) is 45.1 Å². The molecule has 0 N–H and O–H groups in total. The third kappa shape index (κ3) is 3.10. The van der Waals surface area contributed by atoms with Gasteiger partial charge in [0, 0.05) is 22.9 Å². The van der Waals surface area contributed by atoms with E-state index in [9.17, 15) is 4.79 Å². The van der Waals surface area contributed by atoms with Crippen LogP contribution < -0.4 is 5.43 Å². The fourth-order valence-corrected chi connectivity index (χ4v) is 2.50. The number of hydrogen-bond acceptors (Lipinski definition) is 1. The van der Waals surface area contributed by atoms with Crippen LogP contribution in [0.1, 0.15) is 58.4 Å². The molecule has 0 atom stereocenters. The smallest absolute Gasteiger partial charge is 0.193 e. The van der Waals surface area contributed by atoms with E-state index in [2.05, 4.69) is 46.1 Å². The molecule has 0 amide bonds. The van der Waals surface area contributed by atoms with E-state index in [0.29, 0.717) is 0 Å². The van der Waals surface area contributed by atoms with Crippen molar-refractivity contribution in [2.75, 3.05) is 0 Å². The third-order valence-corrected chi connectivity index (χ3v) is 3.66. The van der Waals surface area contributed by atoms with E-state index in [1.54, 1.807) is 0 Å². The third-order valence-electron chi connectivity index (χ3n) is 3.66. The highest BCUT2D eigenvalue weighted by Gasteiger charge is 2.25. The van der Waals surface area contributed by atoms with Crippen LogP contribution in [0.5, 0.6) is 0 Å². The lowest BCUT2D eigenvalue weighted by Gasteiger charge is -2.30. The topological polar surface area (TPSA) is 22.0 Å². The Morgan fingerprint density at radius 3 is 1.95 bits per heavy atom. The van der Waals surface area contributed by atoms with Crippen LogP contribution >= 0.6 is 0 Å². The summed E-state index contributed by atoms with van der Waals surface area (Å²) in [6.45, 7) is 12.8. The summed E-state index contributed by atoms with van der Waals surface area (Å²) in [6, 6.07) is 0. The van der Waals surface area contributed by atoms with E-state index < -0.39 is 0 Å². The minimum absolute atomic E-state index is 0.0844. The van der Waals surface area contributed by atoms with E-state index in [0.717, 1.165) is 16.8 Å². The van der Waals surface area contributed by atoms with Crippen molar-refractivity contribution in [1.29, 1.82) is 0 Å². The predicted octanol–water partition coefficient (Wildman–Crippen LogP) is 4.50. The first-order valence-corrected chi connectivity index (χ1v) is 7.44. The number of nitrogens with zero attached hydrogens (tertiary/aromatic N) is 1. The zero-order chi connectivity index (χ0) is 15.8. The molecule has 0 aromatic carbocycles. The Morgan fingerprint density at radius 1 is 0.857 bits per heavy atom. The van der Waals surface area contributed by atoms with Gasteiger partial charge in [-0.15, -0.1) is 0 Å². The maximum Gasteiger partial charge on any atom is 0.193 e. The average Bonchev–Trinajstić information content (AvgIpc) is 2.27. The monoisotopic (exact) mass is 283 g/mol. The maximum atomic E-state index is 12.9. The summed E-state index contributed by atoms with van der Waals surface area (Å²) in [5.74, 6) is 0. The number of fused-ring (bicyclic) bond motifs is 1. The molecule has 112 valence electrons. The van der Waals surface area contributed by atoms with Crippen LogP contribution in [0.2, 0.25) is 0 Å². The van der Waals surface area contributed by atoms with Crippen LogP contribution in [0.4, 0.5) is 0 Å². The van der Waals surface area contributed by atoms with Gasteiger partial charge >= 0.3 is 0 Å². The molecule has 2 rings (SSSR count). The van der Waals surface area contributed by atoms with Crippen molar-refractivity contribution < 1.29 is 0 Å². The van der Waals surface area contributed by atoms with Crippen LogP contribution in [0.15, 0.2) is 35.3 Å². The molecule has 1 aromatic heterocycles. The standard InChI is InChI=1S/C19H25NO/c1-18(2,3)15-13-20(19(4,5)6)16-12-10-8-7-9-11-14(16)17(15)21/h7-13H,1-6H3. The minimum Gasteiger partial charge on any atom is -0.342 e. The Hall–Kier alpha value is -1.83. The van der Waals surface area contributed by atoms with Crippen molar-refractivity contribution in [3.05, 3.63) is 57.5 Å². The summed E-state index contributed by atoms with van der Waals surface area (Å²) in [7, 11) is 0. The SMILES string of the molecule is CC(C)(C)c1cn(C(C)(C)C)c2c(c1=O)C=CC=CC=C2. The minimum atomic E-state index is -0.172. The quantitative estimate of drug-likeness (QED) is 0.687. The van der Waals surface area contributed by atoms with E-state index in [-0.39, 0.29) is 16.4 Å². The molecular formula is C19H25NO. The molecule has 1 heterocycles. The van der Waals surface area contributed by atoms with Crippen LogP contribution in [0.3, 0.4) is 0 Å². The first kappa shape index (κ1) is 15.6. The Balaban J connectivity index is 2.91. The fraction of sp³-hybridized carbons (Fsp3) is 0.421. The molecule has 1 aliphatic rings. The van der Waals surface area contributed by atoms with Gasteiger partial charge in [0.05, 0.1) is 5.69 Å². The molecule has 0 aliphatic heterocycles. The molecule has 21 heavy (non-hydrogen) atoms. The molecule has 0 fully saturated rings. The lowest BCUT2D eigenvalue weighted by atomic mass is 9.85. The molecule has 0 radical (unpaired) electrons. The number of pyridine rings is 1. The van der Waals surface area contributed by atoms with Gasteiger partial charge in [-0.2, -0.15) is 0 Å². The molecule has 1 aliphatic carbocycles. The van der Waals surface area contributed by atoms with Gasteiger partial charge in [-0.05, 0) is 38.3 Å². The fourth-order valence-electron chi connectivity index (χ4n) is 2.50. The molecule has 0 saturated heterocycles. The van der Waals surface area contributed by atoms with Gasteiger partial charge in [0.1, 0.15) is 0 Å². The Kier molecular flexibility index (Phi) is 3.83. The van der Waals surface area contributed by atoms with Gasteiger partial charge in [-0.3, -0.25) is 4.79 Å². The summed E-state index contributed by atoms with van der Waals surface area (Å²) in [5.41, 5.74) is 2.49. The Morgan fingerprint density at radius 2 is 1.43 bits per heavy atom. The van der Waals surface area contributed by atoms with Gasteiger partial charge in [-0.25, -0.2) is 0 Å². The second kappa shape index (κ2) is 5.18. The first-order chi connectivity index (χ1) is 9.62. The molecule has 0 saturated carbocycles. The summed E-state index contributed by atoms with van der Waals surface area (Å²) in [6.07, 6.45) is 13.8. The van der Waals surface area contributed by atoms with Crippen molar-refractivity contribution in [2.24, 2.45) is 0 Å². The van der Waals surface area contributed by atoms with E-state index in [1.165, 1.54) is 0 Å². The van der Waals surface area contributed by atoms with Crippen molar-refractivity contribution in [2.45, 2.75) is 52.5 Å². The number of allylic oxidation sites excluding steroid dienone is 4. The van der Waals surface area contributed by atoms with Gasteiger partial charge in [0.25, 0.3) is 0 Å². The number of rotatable bonds is 0. The van der Waals surface area contributed by atoms with E-state index >= 15 is 0 Å². The highest BCUT2D eigenvalue weighted by atomic mass is 16.1. The molecular weight excluding hydrogens is 258 g/mol. The molecule has 0 unspecified atom stereocenters. The van der Waals surface area contributed by atoms with Crippen LogP contribution in [0, 0.1) is 0 Å². The molecule has 0 bridgehead atoms. The van der Waals surface area contributed by atoms with Gasteiger partial charge < -0.3 is 4.57 Å². The highest BCUT2D eigenvalue weighted by Crippen LogP contribution is 2.26. The maximum absolute atomic E-state index is 12.9. The molecule has 2 nitrogen and oxygen atoms in total. The van der Waals surface area contributed by atoms with Gasteiger partial charge in [0.2, 0.25) is 0 Å². The first-order valence-electron chi connectivity index (χ1n) is 7.44. The van der Waals surface area contributed by atoms with Crippen molar-refractivity contribution in [3.8, 4) is 0 Å². The van der Waals surface area contributed by atoms with Crippen LogP contribution in [-0.2, 0) is 11.0 Å². The van der Waals surface area contributed by atoms with Crippen LogP contribution in [0.25, 0.3) is 12.2 Å². The molecule has 1 aromatic rings. The van der Waals surface area contributed by atoms with Gasteiger partial charge in [0.15, 0.2) is 5.43 Å². The largest absolute Gasteiger partial charge is 0.342 e. The summed E-state index contributed by atoms with van der Waals surface area (Å²) in [4.78, 5) is 12.9. The normalized spacial score (nSPS) is 14.8. The zero-order valence-corrected chi connectivity index (χ0v) is 13.9. The van der Waals surface area contributed by atoms with E-state index in [4.69, 9.17) is 0 Å². The van der Waals surface area contributed by atoms with Crippen molar-refractivity contribution in [3.63, 3.8) is 0 Å². The van der Waals surface area contributed by atoms with Crippen LogP contribution in [-0.4, -0.2) is 4.57 Å². The lowest BCUT2D eigenvalue weighted by Crippen LogP contribution is -2.33. The number of hydrogen-bond donors (Lipinski definition) is 0. The lowest BCUT2D eigenvalue weighted by molar-refractivity contribution is 0.386.